The van der Waals surface area contributed by atoms with E-state index in [1.54, 1.807) is 31.2 Å². The van der Waals surface area contributed by atoms with E-state index in [0.717, 1.165) is 25.3 Å². The van der Waals surface area contributed by atoms with Crippen LogP contribution in [0.2, 0.25) is 0 Å². The van der Waals surface area contributed by atoms with Gasteiger partial charge in [-0.25, -0.2) is 8.42 Å². The Kier molecular flexibility index (Phi) is 5.24. The van der Waals surface area contributed by atoms with Gasteiger partial charge in [-0.05, 0) is 67.7 Å². The van der Waals surface area contributed by atoms with E-state index in [2.05, 4.69) is 29.2 Å². The van der Waals surface area contributed by atoms with Crippen LogP contribution in [0.25, 0.3) is 0 Å². The number of fused-ring (bicyclic) bond motifs is 1. The molecule has 0 saturated carbocycles. The molecule has 2 aliphatic rings. The molecule has 2 aromatic carbocycles. The summed E-state index contributed by atoms with van der Waals surface area (Å²) in [4.78, 5) is 2.93. The molecular formula is C22H27NO3S. The molecular weight excluding hydrogens is 358 g/mol. The SMILES string of the molecule is CCS(=O)(=O)c1ccc(O[C@H]2c3ccccc3C[C@@H]2N2CCCCC2)cc1. The molecule has 0 radical (unpaired) electrons. The van der Waals surface area contributed by atoms with Crippen molar-refractivity contribution in [1.82, 2.24) is 4.90 Å². The van der Waals surface area contributed by atoms with Crippen LogP contribution in [-0.4, -0.2) is 38.2 Å². The molecule has 0 unspecified atom stereocenters. The average molecular weight is 386 g/mol. The lowest BCUT2D eigenvalue weighted by atomic mass is 10.0. The molecule has 0 amide bonds. The molecule has 1 aliphatic carbocycles. The number of piperidine rings is 1. The fourth-order valence-electron chi connectivity index (χ4n) is 4.29. The van der Waals surface area contributed by atoms with Crippen molar-refractivity contribution in [2.45, 2.75) is 49.6 Å². The molecule has 4 nitrogen and oxygen atoms in total. The molecule has 5 heteroatoms. The summed E-state index contributed by atoms with van der Waals surface area (Å²) in [7, 11) is -3.18. The second kappa shape index (κ2) is 7.64. The smallest absolute Gasteiger partial charge is 0.178 e. The molecule has 144 valence electrons. The number of likely N-dealkylation sites (tertiary alicyclic amines) is 1. The van der Waals surface area contributed by atoms with Crippen molar-refractivity contribution < 1.29 is 13.2 Å². The van der Waals surface area contributed by atoms with Crippen LogP contribution in [0.3, 0.4) is 0 Å². The van der Waals surface area contributed by atoms with E-state index < -0.39 is 9.84 Å². The Hall–Kier alpha value is -1.85. The van der Waals surface area contributed by atoms with Gasteiger partial charge in [0.1, 0.15) is 11.9 Å². The molecule has 0 N–H and O–H groups in total. The number of rotatable bonds is 5. The predicted octanol–water partition coefficient (Wildman–Crippen LogP) is 4.01. The normalized spacial score (nSPS) is 23.1. The van der Waals surface area contributed by atoms with Gasteiger partial charge in [-0.2, -0.15) is 0 Å². The predicted molar refractivity (Wildman–Crippen MR) is 107 cm³/mol. The molecule has 2 atom stereocenters. The minimum absolute atomic E-state index is 0.00654. The van der Waals surface area contributed by atoms with Crippen molar-refractivity contribution in [3.63, 3.8) is 0 Å². The summed E-state index contributed by atoms with van der Waals surface area (Å²) >= 11 is 0. The first-order chi connectivity index (χ1) is 13.1. The first kappa shape index (κ1) is 18.5. The van der Waals surface area contributed by atoms with Crippen molar-refractivity contribution in [2.24, 2.45) is 0 Å². The zero-order valence-electron chi connectivity index (χ0n) is 15.8. The summed E-state index contributed by atoms with van der Waals surface area (Å²) < 4.78 is 30.5. The monoisotopic (exact) mass is 385 g/mol. The highest BCUT2D eigenvalue weighted by Crippen LogP contribution is 2.39. The Morgan fingerprint density at radius 3 is 2.41 bits per heavy atom. The van der Waals surface area contributed by atoms with Crippen molar-refractivity contribution >= 4 is 9.84 Å². The quantitative estimate of drug-likeness (QED) is 0.780. The maximum absolute atomic E-state index is 12.0. The van der Waals surface area contributed by atoms with E-state index in [-0.39, 0.29) is 11.9 Å². The fourth-order valence-corrected chi connectivity index (χ4v) is 5.17. The van der Waals surface area contributed by atoms with Crippen LogP contribution in [0.4, 0.5) is 0 Å². The number of ether oxygens (including phenoxy) is 1. The molecule has 1 aliphatic heterocycles. The molecule has 1 heterocycles. The Morgan fingerprint density at radius 1 is 1.00 bits per heavy atom. The largest absolute Gasteiger partial charge is 0.484 e. The van der Waals surface area contributed by atoms with Gasteiger partial charge in [0.05, 0.1) is 16.7 Å². The molecule has 0 aromatic heterocycles. The van der Waals surface area contributed by atoms with E-state index in [1.807, 2.05) is 0 Å². The zero-order valence-corrected chi connectivity index (χ0v) is 16.6. The Labute approximate surface area is 162 Å². The van der Waals surface area contributed by atoms with Gasteiger partial charge in [0.25, 0.3) is 0 Å². The fraction of sp³-hybridized carbons (Fsp3) is 0.455. The van der Waals surface area contributed by atoms with Crippen molar-refractivity contribution in [3.05, 3.63) is 59.7 Å². The standard InChI is InChI=1S/C22H27NO3S/c1-2-27(24,25)19-12-10-18(11-13-19)26-22-20-9-5-4-8-17(20)16-21(22)23-14-6-3-7-15-23/h4-5,8-13,21-22H,2-3,6-7,14-16H2,1H3/t21-,22-/m0/s1. The second-order valence-corrected chi connectivity index (χ2v) is 9.76. The van der Waals surface area contributed by atoms with Gasteiger partial charge < -0.3 is 4.74 Å². The Bertz CT molecular complexity index is 886. The van der Waals surface area contributed by atoms with E-state index in [4.69, 9.17) is 4.74 Å². The first-order valence-electron chi connectivity index (χ1n) is 9.90. The first-order valence-corrected chi connectivity index (χ1v) is 11.5. The minimum Gasteiger partial charge on any atom is -0.484 e. The summed E-state index contributed by atoms with van der Waals surface area (Å²) in [5, 5.41) is 0. The third-order valence-corrected chi connectivity index (χ3v) is 7.58. The van der Waals surface area contributed by atoms with Crippen LogP contribution in [0.5, 0.6) is 5.75 Å². The third kappa shape index (κ3) is 3.76. The van der Waals surface area contributed by atoms with Gasteiger partial charge in [-0.3, -0.25) is 4.90 Å². The lowest BCUT2D eigenvalue weighted by Crippen LogP contribution is -2.43. The van der Waals surface area contributed by atoms with Crippen molar-refractivity contribution in [3.8, 4) is 5.75 Å². The van der Waals surface area contributed by atoms with E-state index >= 15 is 0 Å². The van der Waals surface area contributed by atoms with Crippen LogP contribution >= 0.6 is 0 Å². The lowest BCUT2D eigenvalue weighted by Gasteiger charge is -2.35. The number of hydrogen-bond acceptors (Lipinski definition) is 4. The van der Waals surface area contributed by atoms with Gasteiger partial charge >= 0.3 is 0 Å². The van der Waals surface area contributed by atoms with Crippen molar-refractivity contribution in [2.75, 3.05) is 18.8 Å². The highest BCUT2D eigenvalue weighted by Gasteiger charge is 2.38. The van der Waals surface area contributed by atoms with Crippen LogP contribution in [0.1, 0.15) is 43.4 Å². The van der Waals surface area contributed by atoms with E-state index in [0.29, 0.717) is 10.9 Å². The highest BCUT2D eigenvalue weighted by atomic mass is 32.2. The highest BCUT2D eigenvalue weighted by molar-refractivity contribution is 7.91. The maximum Gasteiger partial charge on any atom is 0.178 e. The molecule has 1 saturated heterocycles. The number of sulfone groups is 1. The van der Waals surface area contributed by atoms with E-state index in [1.165, 1.54) is 30.4 Å². The third-order valence-electron chi connectivity index (χ3n) is 5.83. The summed E-state index contributed by atoms with van der Waals surface area (Å²) in [6.07, 6.45) is 4.83. The van der Waals surface area contributed by atoms with E-state index in [9.17, 15) is 8.42 Å². The Balaban J connectivity index is 1.59. The molecule has 2 aromatic rings. The Morgan fingerprint density at radius 2 is 1.70 bits per heavy atom. The molecule has 4 rings (SSSR count). The summed E-state index contributed by atoms with van der Waals surface area (Å²) in [6, 6.07) is 15.8. The van der Waals surface area contributed by atoms with Gasteiger partial charge in [-0.15, -0.1) is 0 Å². The number of benzene rings is 2. The topological polar surface area (TPSA) is 46.6 Å². The summed E-state index contributed by atoms with van der Waals surface area (Å²) in [6.45, 7) is 3.93. The molecule has 0 spiro atoms. The number of nitrogens with zero attached hydrogens (tertiary/aromatic N) is 1. The van der Waals surface area contributed by atoms with Crippen molar-refractivity contribution in [1.29, 1.82) is 0 Å². The van der Waals surface area contributed by atoms with Crippen LogP contribution in [0, 0.1) is 0 Å². The van der Waals surface area contributed by atoms with Crippen LogP contribution in [0.15, 0.2) is 53.4 Å². The molecule has 0 bridgehead atoms. The van der Waals surface area contributed by atoms with Gasteiger partial charge in [0, 0.05) is 0 Å². The van der Waals surface area contributed by atoms with Crippen LogP contribution in [-0.2, 0) is 16.3 Å². The van der Waals surface area contributed by atoms with Crippen LogP contribution < -0.4 is 4.74 Å². The zero-order chi connectivity index (χ0) is 18.9. The number of hydrogen-bond donors (Lipinski definition) is 0. The maximum atomic E-state index is 12.0. The lowest BCUT2D eigenvalue weighted by molar-refractivity contribution is 0.0647. The van der Waals surface area contributed by atoms with Gasteiger partial charge in [0.2, 0.25) is 0 Å². The summed E-state index contributed by atoms with van der Waals surface area (Å²) in [5.41, 5.74) is 2.63. The molecule has 27 heavy (non-hydrogen) atoms. The molecule has 1 fully saturated rings. The average Bonchev–Trinajstić information content (AvgIpc) is 3.08. The van der Waals surface area contributed by atoms with Gasteiger partial charge in [0.15, 0.2) is 9.84 Å². The summed E-state index contributed by atoms with van der Waals surface area (Å²) in [5.74, 6) is 0.842. The second-order valence-electron chi connectivity index (χ2n) is 7.48. The van der Waals surface area contributed by atoms with Gasteiger partial charge in [-0.1, -0.05) is 37.6 Å². The minimum atomic E-state index is -3.18.